The number of hydrogen-bond donors (Lipinski definition) is 2. The van der Waals surface area contributed by atoms with Crippen molar-refractivity contribution in [1.29, 1.82) is 0 Å². The Hall–Kier alpha value is -3.28. The van der Waals surface area contributed by atoms with Crippen LogP contribution in [-0.4, -0.2) is 55.9 Å². The van der Waals surface area contributed by atoms with Gasteiger partial charge in [0.25, 0.3) is 0 Å². The minimum absolute atomic E-state index is 0.439. The highest BCUT2D eigenvalue weighted by Gasteiger charge is 2.21. The van der Waals surface area contributed by atoms with E-state index in [1.165, 1.54) is 0 Å². The third-order valence-electron chi connectivity index (χ3n) is 5.16. The third-order valence-corrected chi connectivity index (χ3v) is 6.94. The summed E-state index contributed by atoms with van der Waals surface area (Å²) < 4.78 is 32.3. The summed E-state index contributed by atoms with van der Waals surface area (Å²) >= 11 is 1.58. The van der Waals surface area contributed by atoms with Gasteiger partial charge in [0.15, 0.2) is 11.6 Å². The van der Waals surface area contributed by atoms with Crippen LogP contribution in [0.25, 0.3) is 32.0 Å². The van der Waals surface area contributed by atoms with Crippen molar-refractivity contribution >= 4 is 48.9 Å². The van der Waals surface area contributed by atoms with E-state index in [2.05, 4.69) is 14.6 Å². The SMILES string of the molecule is CS(=O)(=O)Nc1cccc(-c2cc3nc(-c4ccc(N)nc4)nc(N4CCOCC4)c3s2)c1. The number of morpholine rings is 1. The second kappa shape index (κ2) is 8.58. The molecule has 0 atom stereocenters. The van der Waals surface area contributed by atoms with Crippen molar-refractivity contribution in [1.82, 2.24) is 15.0 Å². The molecule has 170 valence electrons. The number of anilines is 3. The van der Waals surface area contributed by atoms with Crippen LogP contribution in [-0.2, 0) is 14.8 Å². The molecule has 33 heavy (non-hydrogen) atoms. The second-order valence-corrected chi connectivity index (χ2v) is 10.5. The molecular formula is C22H22N6O3S2. The number of hydrogen-bond acceptors (Lipinski definition) is 9. The fourth-order valence-electron chi connectivity index (χ4n) is 3.66. The zero-order valence-electron chi connectivity index (χ0n) is 17.9. The van der Waals surface area contributed by atoms with Crippen molar-refractivity contribution in [2.75, 3.05) is 47.9 Å². The Kier molecular flexibility index (Phi) is 5.60. The van der Waals surface area contributed by atoms with Gasteiger partial charge in [0, 0.05) is 35.4 Å². The molecular weight excluding hydrogens is 460 g/mol. The van der Waals surface area contributed by atoms with Crippen molar-refractivity contribution < 1.29 is 13.2 Å². The van der Waals surface area contributed by atoms with Crippen molar-refractivity contribution in [3.8, 4) is 21.8 Å². The molecule has 1 aliphatic heterocycles. The average molecular weight is 483 g/mol. The maximum Gasteiger partial charge on any atom is 0.229 e. The maximum atomic E-state index is 11.6. The highest BCUT2D eigenvalue weighted by atomic mass is 32.2. The molecule has 1 saturated heterocycles. The first-order chi connectivity index (χ1) is 15.9. The molecule has 1 aliphatic rings. The molecule has 0 bridgehead atoms. The summed E-state index contributed by atoms with van der Waals surface area (Å²) in [4.78, 5) is 17.1. The summed E-state index contributed by atoms with van der Waals surface area (Å²) in [6.45, 7) is 2.77. The summed E-state index contributed by atoms with van der Waals surface area (Å²) in [5.41, 5.74) is 8.76. The Balaban J connectivity index is 1.63. The van der Waals surface area contributed by atoms with Crippen molar-refractivity contribution in [2.45, 2.75) is 0 Å². The van der Waals surface area contributed by atoms with Crippen LogP contribution in [0.5, 0.6) is 0 Å². The first-order valence-electron chi connectivity index (χ1n) is 10.3. The Morgan fingerprint density at radius 2 is 1.91 bits per heavy atom. The number of rotatable bonds is 5. The lowest BCUT2D eigenvalue weighted by atomic mass is 10.1. The molecule has 4 aromatic rings. The van der Waals surface area contributed by atoms with Gasteiger partial charge in [0.2, 0.25) is 10.0 Å². The lowest BCUT2D eigenvalue weighted by molar-refractivity contribution is 0.122. The van der Waals surface area contributed by atoms with E-state index in [0.717, 1.165) is 51.4 Å². The maximum absolute atomic E-state index is 11.6. The highest BCUT2D eigenvalue weighted by molar-refractivity contribution is 7.92. The van der Waals surface area contributed by atoms with Crippen LogP contribution in [0.15, 0.2) is 48.7 Å². The minimum atomic E-state index is -3.36. The number of benzene rings is 1. The molecule has 0 spiro atoms. The number of nitrogen functional groups attached to an aromatic ring is 1. The van der Waals surface area contributed by atoms with E-state index in [9.17, 15) is 8.42 Å². The average Bonchev–Trinajstić information content (AvgIpc) is 3.23. The predicted molar refractivity (Wildman–Crippen MR) is 132 cm³/mol. The molecule has 4 heterocycles. The molecule has 1 aromatic carbocycles. The molecule has 5 rings (SSSR count). The van der Waals surface area contributed by atoms with E-state index in [4.69, 9.17) is 20.4 Å². The first-order valence-corrected chi connectivity index (χ1v) is 13.0. The van der Waals surface area contributed by atoms with Gasteiger partial charge in [-0.3, -0.25) is 4.72 Å². The van der Waals surface area contributed by atoms with Gasteiger partial charge in [-0.15, -0.1) is 11.3 Å². The number of aromatic nitrogens is 3. The quantitative estimate of drug-likeness (QED) is 0.444. The molecule has 0 radical (unpaired) electrons. The van der Waals surface area contributed by atoms with Crippen LogP contribution < -0.4 is 15.4 Å². The summed E-state index contributed by atoms with van der Waals surface area (Å²) in [5, 5.41) is 0. The van der Waals surface area contributed by atoms with Gasteiger partial charge in [-0.05, 0) is 35.9 Å². The molecule has 0 aliphatic carbocycles. The van der Waals surface area contributed by atoms with Crippen LogP contribution in [0.3, 0.4) is 0 Å². The molecule has 11 heteroatoms. The number of thiophene rings is 1. The van der Waals surface area contributed by atoms with Crippen LogP contribution in [0.2, 0.25) is 0 Å². The Morgan fingerprint density at radius 1 is 1.09 bits per heavy atom. The van der Waals surface area contributed by atoms with Gasteiger partial charge < -0.3 is 15.4 Å². The van der Waals surface area contributed by atoms with Crippen molar-refractivity contribution in [2.24, 2.45) is 0 Å². The number of nitrogens with two attached hydrogens (primary N) is 1. The number of nitrogens with zero attached hydrogens (tertiary/aromatic N) is 4. The van der Waals surface area contributed by atoms with Gasteiger partial charge in [-0.1, -0.05) is 12.1 Å². The standard InChI is InChI=1S/C22H22N6O3S2/c1-33(29,30)27-16-4-2-3-14(11-16)18-12-17-20(32-18)22(28-7-9-31-10-8-28)26-21(25-17)15-5-6-19(23)24-13-15/h2-6,11-13,27H,7-10H2,1H3,(H2,23,24). The van der Waals surface area contributed by atoms with Crippen molar-refractivity contribution in [3.05, 3.63) is 48.7 Å². The Morgan fingerprint density at radius 3 is 2.64 bits per heavy atom. The largest absolute Gasteiger partial charge is 0.384 e. The summed E-state index contributed by atoms with van der Waals surface area (Å²) in [7, 11) is -3.36. The van der Waals surface area contributed by atoms with Crippen LogP contribution >= 0.6 is 11.3 Å². The van der Waals surface area contributed by atoms with E-state index in [1.807, 2.05) is 30.3 Å². The van der Waals surface area contributed by atoms with Gasteiger partial charge in [-0.25, -0.2) is 23.4 Å². The smallest absolute Gasteiger partial charge is 0.229 e. The number of ether oxygens (including phenoxy) is 1. The number of nitrogens with one attached hydrogen (secondary N) is 1. The zero-order valence-corrected chi connectivity index (χ0v) is 19.5. The van der Waals surface area contributed by atoms with E-state index >= 15 is 0 Å². The van der Waals surface area contributed by atoms with E-state index in [1.54, 1.807) is 29.7 Å². The summed E-state index contributed by atoms with van der Waals surface area (Å²) in [5.74, 6) is 1.87. The van der Waals surface area contributed by atoms with E-state index < -0.39 is 10.0 Å². The number of fused-ring (bicyclic) bond motifs is 1. The monoisotopic (exact) mass is 482 g/mol. The molecule has 0 unspecified atom stereocenters. The fraction of sp³-hybridized carbons (Fsp3) is 0.227. The zero-order chi connectivity index (χ0) is 23.0. The van der Waals surface area contributed by atoms with Crippen molar-refractivity contribution in [3.63, 3.8) is 0 Å². The topological polar surface area (TPSA) is 123 Å². The van der Waals surface area contributed by atoms with Gasteiger partial charge in [-0.2, -0.15) is 0 Å². The lowest BCUT2D eigenvalue weighted by Crippen LogP contribution is -2.36. The Bertz CT molecular complexity index is 1410. The van der Waals surface area contributed by atoms with E-state index in [0.29, 0.717) is 30.5 Å². The van der Waals surface area contributed by atoms with Gasteiger partial charge in [0.1, 0.15) is 5.82 Å². The van der Waals surface area contributed by atoms with E-state index in [-0.39, 0.29) is 0 Å². The minimum Gasteiger partial charge on any atom is -0.384 e. The normalized spacial score (nSPS) is 14.5. The second-order valence-electron chi connectivity index (χ2n) is 7.72. The molecule has 1 fully saturated rings. The van der Waals surface area contributed by atoms with Gasteiger partial charge in [0.05, 0.1) is 29.7 Å². The number of pyridine rings is 1. The Labute approximate surface area is 195 Å². The third kappa shape index (κ3) is 4.75. The van der Waals surface area contributed by atoms with Crippen LogP contribution in [0.1, 0.15) is 0 Å². The summed E-state index contributed by atoms with van der Waals surface area (Å²) in [6.07, 6.45) is 2.81. The highest BCUT2D eigenvalue weighted by Crippen LogP contribution is 2.39. The van der Waals surface area contributed by atoms with Gasteiger partial charge >= 0.3 is 0 Å². The summed E-state index contributed by atoms with van der Waals surface area (Å²) in [6, 6.07) is 12.9. The van der Waals surface area contributed by atoms with Crippen LogP contribution in [0, 0.1) is 0 Å². The molecule has 3 aromatic heterocycles. The first kappa shape index (κ1) is 21.6. The molecule has 9 nitrogen and oxygen atoms in total. The van der Waals surface area contributed by atoms with Crippen LogP contribution in [0.4, 0.5) is 17.3 Å². The number of sulfonamides is 1. The fourth-order valence-corrected chi connectivity index (χ4v) is 5.33. The molecule has 3 N–H and O–H groups in total. The predicted octanol–water partition coefficient (Wildman–Crippen LogP) is 3.21. The molecule has 0 saturated carbocycles. The molecule has 0 amide bonds. The lowest BCUT2D eigenvalue weighted by Gasteiger charge is -2.28.